The molecule has 0 radical (unpaired) electrons. The van der Waals surface area contributed by atoms with Gasteiger partial charge in [0.05, 0.1) is 12.1 Å². The Hall–Kier alpha value is -0.640. The number of nitrogens with zero attached hydrogens (tertiary/aromatic N) is 2. The zero-order valence-electron chi connectivity index (χ0n) is 12.6. The maximum Gasteiger partial charge on any atom is 0.322 e. The van der Waals surface area contributed by atoms with E-state index in [4.69, 9.17) is 0 Å². The molecule has 2 atom stereocenters. The molecular weight excluding hydrogens is 324 g/mol. The van der Waals surface area contributed by atoms with Gasteiger partial charge in [-0.1, -0.05) is 0 Å². The van der Waals surface area contributed by atoms with Crippen LogP contribution in [0.5, 0.6) is 0 Å². The van der Waals surface area contributed by atoms with Crippen LogP contribution in [-0.4, -0.2) is 74.8 Å². The molecule has 10 heteroatoms. The molecule has 0 saturated heterocycles. The van der Waals surface area contributed by atoms with Gasteiger partial charge in [0.1, 0.15) is 0 Å². The fraction of sp³-hybridized carbons (Fsp3) is 1.00. The molecule has 0 aromatic carbocycles. The zero-order valence-corrected chi connectivity index (χ0v) is 12.6. The Morgan fingerprint density at radius 3 is 1.00 bits per heavy atom. The summed E-state index contributed by atoms with van der Waals surface area (Å²) in [7, 11) is 4.38. The highest BCUT2D eigenvalue weighted by atomic mass is 19.3. The molecule has 22 heavy (non-hydrogen) atoms. The second-order valence-electron chi connectivity index (χ2n) is 5.49. The Bertz CT molecular complexity index is 301. The molecule has 0 heterocycles. The second-order valence-corrected chi connectivity index (χ2v) is 5.49. The van der Waals surface area contributed by atoms with Crippen LogP contribution in [0.15, 0.2) is 0 Å². The number of hydrogen-bond acceptors (Lipinski definition) is 2. The summed E-state index contributed by atoms with van der Waals surface area (Å²) in [5.74, 6) is -8.86. The second kappa shape index (κ2) is 7.76. The smallest absolute Gasteiger partial charge is 0.301 e. The molecule has 0 N–H and O–H groups in total. The molecule has 0 amide bonds. The van der Waals surface area contributed by atoms with Gasteiger partial charge >= 0.3 is 24.7 Å². The van der Waals surface area contributed by atoms with E-state index in [2.05, 4.69) is 0 Å². The highest BCUT2D eigenvalue weighted by Gasteiger charge is 2.53. The third-order valence-corrected chi connectivity index (χ3v) is 3.43. The van der Waals surface area contributed by atoms with Crippen molar-refractivity contribution in [2.45, 2.75) is 49.6 Å². The Morgan fingerprint density at radius 2 is 0.864 bits per heavy atom. The molecule has 0 rings (SSSR count). The Balaban J connectivity index is 5.18. The van der Waals surface area contributed by atoms with E-state index in [9.17, 15) is 35.1 Å². The van der Waals surface area contributed by atoms with Gasteiger partial charge in [0.25, 0.3) is 0 Å². The first-order chi connectivity index (χ1) is 9.76. The van der Waals surface area contributed by atoms with Crippen molar-refractivity contribution in [1.82, 2.24) is 9.80 Å². The first kappa shape index (κ1) is 21.4. The number of hydrogen-bond donors (Lipinski definition) is 0. The van der Waals surface area contributed by atoms with E-state index in [1.54, 1.807) is 0 Å². The van der Waals surface area contributed by atoms with Gasteiger partial charge in [-0.3, -0.25) is 0 Å². The van der Waals surface area contributed by atoms with Crippen molar-refractivity contribution >= 4 is 0 Å². The molecule has 0 aliphatic heterocycles. The maximum absolute atomic E-state index is 13.4. The summed E-state index contributed by atoms with van der Waals surface area (Å²) in [6.07, 6.45) is -9.52. The summed E-state index contributed by atoms with van der Waals surface area (Å²) in [5.41, 5.74) is 0. The van der Waals surface area contributed by atoms with Gasteiger partial charge in [0.2, 0.25) is 0 Å². The van der Waals surface area contributed by atoms with Crippen molar-refractivity contribution in [1.29, 1.82) is 0 Å². The van der Waals surface area contributed by atoms with Gasteiger partial charge in [0, 0.05) is 0 Å². The number of halogens is 8. The first-order valence-electron chi connectivity index (χ1n) is 6.41. The van der Waals surface area contributed by atoms with Crippen LogP contribution in [0, 0.1) is 0 Å². The minimum atomic E-state index is -4.43. The standard InChI is InChI=1S/C12H20F8N2/c1-21(2)7(11(17,18)9(13)14)5-6-8(22(3)4)12(19,20)10(15)16/h7-10H,5-6H2,1-4H3. The highest BCUT2D eigenvalue weighted by molar-refractivity contribution is 4.91. The molecule has 0 aliphatic rings. The molecule has 2 nitrogen and oxygen atoms in total. The van der Waals surface area contributed by atoms with Crippen molar-refractivity contribution < 1.29 is 35.1 Å². The molecule has 134 valence electrons. The van der Waals surface area contributed by atoms with E-state index in [1.807, 2.05) is 0 Å². The lowest BCUT2D eigenvalue weighted by molar-refractivity contribution is -0.183. The van der Waals surface area contributed by atoms with E-state index in [-0.39, 0.29) is 0 Å². The van der Waals surface area contributed by atoms with Gasteiger partial charge < -0.3 is 9.80 Å². The zero-order chi connectivity index (χ0) is 17.9. The first-order valence-corrected chi connectivity index (χ1v) is 6.41. The lowest BCUT2D eigenvalue weighted by atomic mass is 9.96. The molecule has 2 unspecified atom stereocenters. The van der Waals surface area contributed by atoms with Crippen molar-refractivity contribution in [2.75, 3.05) is 28.2 Å². The monoisotopic (exact) mass is 344 g/mol. The lowest BCUT2D eigenvalue weighted by Gasteiger charge is -2.36. The van der Waals surface area contributed by atoms with Gasteiger partial charge in [-0.25, -0.2) is 17.6 Å². The fourth-order valence-electron chi connectivity index (χ4n) is 2.20. The summed E-state index contributed by atoms with van der Waals surface area (Å²) in [4.78, 5) is 1.55. The van der Waals surface area contributed by atoms with Crippen LogP contribution in [0.25, 0.3) is 0 Å². The summed E-state index contributed by atoms with van der Waals surface area (Å²) >= 11 is 0. The summed E-state index contributed by atoms with van der Waals surface area (Å²) in [5, 5.41) is 0. The van der Waals surface area contributed by atoms with Crippen LogP contribution in [-0.2, 0) is 0 Å². The number of rotatable bonds is 9. The maximum atomic E-state index is 13.4. The van der Waals surface area contributed by atoms with Crippen LogP contribution in [0.3, 0.4) is 0 Å². The molecule has 0 aromatic rings. The van der Waals surface area contributed by atoms with Crippen LogP contribution >= 0.6 is 0 Å². The van der Waals surface area contributed by atoms with Crippen molar-refractivity contribution in [3.63, 3.8) is 0 Å². The lowest BCUT2D eigenvalue weighted by Crippen LogP contribution is -2.52. The van der Waals surface area contributed by atoms with Gasteiger partial charge in [-0.15, -0.1) is 0 Å². The Kier molecular flexibility index (Phi) is 7.53. The third-order valence-electron chi connectivity index (χ3n) is 3.43. The minimum Gasteiger partial charge on any atom is -0.301 e. The summed E-state index contributed by atoms with van der Waals surface area (Å²) in [6.45, 7) is 0. The summed E-state index contributed by atoms with van der Waals surface area (Å²) in [6, 6.07) is -4.08. The largest absolute Gasteiger partial charge is 0.322 e. The summed E-state index contributed by atoms with van der Waals surface area (Å²) < 4.78 is 103. The molecule has 0 aromatic heterocycles. The van der Waals surface area contributed by atoms with Gasteiger partial charge in [0.15, 0.2) is 0 Å². The fourth-order valence-corrected chi connectivity index (χ4v) is 2.20. The van der Waals surface area contributed by atoms with Crippen LogP contribution in [0.4, 0.5) is 35.1 Å². The molecule has 0 spiro atoms. The molecular formula is C12H20F8N2. The van der Waals surface area contributed by atoms with Gasteiger partial charge in [-0.2, -0.15) is 17.6 Å². The minimum absolute atomic E-state index is 0.777. The average molecular weight is 344 g/mol. The van der Waals surface area contributed by atoms with Gasteiger partial charge in [-0.05, 0) is 41.0 Å². The number of alkyl halides is 8. The molecule has 0 aliphatic carbocycles. The predicted molar refractivity (Wildman–Crippen MR) is 66.1 cm³/mol. The Labute approximate surface area is 124 Å². The SMILES string of the molecule is CN(C)C(CCC(N(C)C)C(F)(F)C(F)F)C(F)(F)C(F)F. The predicted octanol–water partition coefficient (Wildman–Crippen LogP) is 3.43. The van der Waals surface area contributed by atoms with Crippen LogP contribution < -0.4 is 0 Å². The molecule has 0 saturated carbocycles. The van der Waals surface area contributed by atoms with Crippen molar-refractivity contribution in [3.05, 3.63) is 0 Å². The molecule has 0 fully saturated rings. The van der Waals surface area contributed by atoms with Crippen LogP contribution in [0.2, 0.25) is 0 Å². The van der Waals surface area contributed by atoms with E-state index < -0.39 is 49.6 Å². The van der Waals surface area contributed by atoms with E-state index in [0.29, 0.717) is 0 Å². The molecule has 0 bridgehead atoms. The quantitative estimate of drug-likeness (QED) is 0.592. The van der Waals surface area contributed by atoms with E-state index >= 15 is 0 Å². The van der Waals surface area contributed by atoms with Crippen molar-refractivity contribution in [3.8, 4) is 0 Å². The highest BCUT2D eigenvalue weighted by Crippen LogP contribution is 2.36. The third kappa shape index (κ3) is 4.94. The Morgan fingerprint density at radius 1 is 0.636 bits per heavy atom. The normalized spacial score (nSPS) is 16.9. The topological polar surface area (TPSA) is 6.48 Å². The van der Waals surface area contributed by atoms with E-state index in [0.717, 1.165) is 38.0 Å². The van der Waals surface area contributed by atoms with E-state index in [1.165, 1.54) is 0 Å². The van der Waals surface area contributed by atoms with Crippen LogP contribution in [0.1, 0.15) is 12.8 Å². The average Bonchev–Trinajstić information content (AvgIpc) is 2.32. The van der Waals surface area contributed by atoms with Crippen molar-refractivity contribution in [2.24, 2.45) is 0 Å².